The predicted molar refractivity (Wildman–Crippen MR) is 69.1 cm³/mol. The second kappa shape index (κ2) is 3.94. The van der Waals surface area contributed by atoms with Gasteiger partial charge in [0.2, 0.25) is 5.78 Å². The quantitative estimate of drug-likeness (QED) is 0.474. The Morgan fingerprint density at radius 2 is 1.47 bits per heavy atom. The summed E-state index contributed by atoms with van der Waals surface area (Å²) >= 11 is 11.4. The van der Waals surface area contributed by atoms with E-state index < -0.39 is 27.3 Å². The Morgan fingerprint density at radius 3 is 2.00 bits per heavy atom. The molecule has 0 radical (unpaired) electrons. The van der Waals surface area contributed by atoms with Crippen molar-refractivity contribution in [3.8, 4) is 0 Å². The Morgan fingerprint density at radius 1 is 0.947 bits per heavy atom. The molecule has 0 N–H and O–H groups in total. The summed E-state index contributed by atoms with van der Waals surface area (Å²) in [5.41, 5.74) is -1.88. The number of nitrogens with zero attached hydrogens (tertiary/aromatic N) is 3. The van der Waals surface area contributed by atoms with Crippen LogP contribution in [0.15, 0.2) is 9.59 Å². The fourth-order valence-corrected chi connectivity index (χ4v) is 2.43. The summed E-state index contributed by atoms with van der Waals surface area (Å²) in [6.45, 7) is 0. The lowest BCUT2D eigenvalue weighted by atomic mass is 10.0. The molecule has 1 aromatic heterocycles. The van der Waals surface area contributed by atoms with E-state index in [4.69, 9.17) is 23.2 Å². The van der Waals surface area contributed by atoms with Crippen molar-refractivity contribution in [1.29, 1.82) is 0 Å². The number of ketones is 1. The number of anilines is 1. The number of hydrogen-bond acceptors (Lipinski definition) is 4. The van der Waals surface area contributed by atoms with E-state index in [-0.39, 0.29) is 11.4 Å². The fourth-order valence-electron chi connectivity index (χ4n) is 1.99. The molecule has 0 saturated heterocycles. The van der Waals surface area contributed by atoms with E-state index >= 15 is 0 Å². The number of halogens is 2. The second-order valence-corrected chi connectivity index (χ2v) is 5.50. The summed E-state index contributed by atoms with van der Waals surface area (Å²) in [7, 11) is 3.85. The van der Waals surface area contributed by atoms with Gasteiger partial charge in [-0.15, -0.1) is 0 Å². The van der Waals surface area contributed by atoms with Crippen molar-refractivity contribution in [1.82, 2.24) is 9.13 Å². The van der Waals surface area contributed by atoms with Crippen molar-refractivity contribution in [2.24, 2.45) is 14.1 Å². The van der Waals surface area contributed by atoms with Crippen LogP contribution < -0.4 is 16.1 Å². The molecule has 0 fully saturated rings. The highest BCUT2D eigenvalue weighted by molar-refractivity contribution is 6.71. The van der Waals surface area contributed by atoms with Gasteiger partial charge < -0.3 is 0 Å². The van der Waals surface area contributed by atoms with E-state index in [0.717, 1.165) is 14.0 Å². The number of rotatable bonds is 0. The monoisotopic (exact) mass is 305 g/mol. The molecule has 1 aliphatic heterocycles. The summed E-state index contributed by atoms with van der Waals surface area (Å²) in [6.07, 6.45) is 0. The summed E-state index contributed by atoms with van der Waals surface area (Å²) in [5, 5.41) is 0. The third kappa shape index (κ3) is 1.58. The maximum Gasteiger partial charge on any atom is 0.332 e. The third-order valence-corrected chi connectivity index (χ3v) is 3.70. The topological polar surface area (TPSA) is 81.4 Å². The van der Waals surface area contributed by atoms with E-state index in [9.17, 15) is 19.2 Å². The molecule has 0 unspecified atom stereocenters. The van der Waals surface area contributed by atoms with Crippen LogP contribution in [0.3, 0.4) is 0 Å². The van der Waals surface area contributed by atoms with Crippen LogP contribution in [0, 0.1) is 0 Å². The molecule has 0 saturated carbocycles. The van der Waals surface area contributed by atoms with E-state index in [0.29, 0.717) is 0 Å². The molecule has 0 aromatic carbocycles. The molecular formula is C10H9Cl2N3O4. The van der Waals surface area contributed by atoms with Crippen molar-refractivity contribution >= 4 is 40.7 Å². The first kappa shape index (κ1) is 13.8. The van der Waals surface area contributed by atoms with Crippen LogP contribution in [-0.4, -0.2) is 32.2 Å². The van der Waals surface area contributed by atoms with Gasteiger partial charge in [-0.1, -0.05) is 23.2 Å². The lowest BCUT2D eigenvalue weighted by Crippen LogP contribution is -2.56. The van der Waals surface area contributed by atoms with E-state index in [1.165, 1.54) is 21.1 Å². The molecule has 0 bridgehead atoms. The van der Waals surface area contributed by atoms with Crippen molar-refractivity contribution in [2.75, 3.05) is 11.9 Å². The van der Waals surface area contributed by atoms with Gasteiger partial charge in [-0.05, 0) is 0 Å². The minimum absolute atomic E-state index is 0.111. The fraction of sp³-hybridized carbons (Fsp3) is 0.400. The first-order valence-electron chi connectivity index (χ1n) is 5.13. The van der Waals surface area contributed by atoms with E-state index in [1.807, 2.05) is 0 Å². The Balaban J connectivity index is 3.02. The molecular weight excluding hydrogens is 297 g/mol. The number of carbonyl (C=O) groups excluding carboxylic acids is 2. The molecule has 1 amide bonds. The number of Topliss-reactive ketones (excluding diaryl/α,β-unsaturated/α-hetero) is 1. The summed E-state index contributed by atoms with van der Waals surface area (Å²) in [5.74, 6) is -2.04. The first-order valence-corrected chi connectivity index (χ1v) is 5.88. The molecule has 0 aliphatic carbocycles. The summed E-state index contributed by atoms with van der Waals surface area (Å²) in [6, 6.07) is 0. The van der Waals surface area contributed by atoms with Gasteiger partial charge in [0.25, 0.3) is 15.8 Å². The van der Waals surface area contributed by atoms with Crippen molar-refractivity contribution < 1.29 is 9.59 Å². The summed E-state index contributed by atoms with van der Waals surface area (Å²) < 4.78 is -0.578. The molecule has 102 valence electrons. The van der Waals surface area contributed by atoms with Gasteiger partial charge >= 0.3 is 5.69 Å². The van der Waals surface area contributed by atoms with Crippen LogP contribution in [0.25, 0.3) is 0 Å². The first-order chi connectivity index (χ1) is 8.62. The zero-order valence-corrected chi connectivity index (χ0v) is 11.7. The zero-order chi connectivity index (χ0) is 14.7. The third-order valence-electron chi connectivity index (χ3n) is 3.04. The van der Waals surface area contributed by atoms with Gasteiger partial charge in [0.1, 0.15) is 11.4 Å². The van der Waals surface area contributed by atoms with Crippen molar-refractivity contribution in [2.45, 2.75) is 4.33 Å². The zero-order valence-electron chi connectivity index (χ0n) is 10.2. The molecule has 0 atom stereocenters. The van der Waals surface area contributed by atoms with Crippen LogP contribution in [0.2, 0.25) is 0 Å². The minimum atomic E-state index is -2.36. The van der Waals surface area contributed by atoms with Crippen LogP contribution in [0.5, 0.6) is 0 Å². The molecule has 2 rings (SSSR count). The standard InChI is InChI=1S/C10H9Cl2N3O4/c1-13-6-4(5(16)10(11,12)8(13)18)7(17)15(3)9(19)14(6)2/h1-3H3. The Bertz CT molecular complexity index is 732. The molecule has 2 heterocycles. The van der Waals surface area contributed by atoms with Gasteiger partial charge in [-0.25, -0.2) is 4.79 Å². The maximum absolute atomic E-state index is 12.1. The smallest absolute Gasteiger partial charge is 0.297 e. The highest BCUT2D eigenvalue weighted by atomic mass is 35.5. The number of amides is 1. The number of fused-ring (bicyclic) bond motifs is 1. The molecule has 0 spiro atoms. The van der Waals surface area contributed by atoms with Gasteiger partial charge in [0, 0.05) is 21.1 Å². The Kier molecular flexibility index (Phi) is 2.87. The van der Waals surface area contributed by atoms with E-state index in [1.54, 1.807) is 0 Å². The second-order valence-electron chi connectivity index (χ2n) is 4.17. The maximum atomic E-state index is 12.1. The number of aromatic nitrogens is 2. The number of hydrogen-bond donors (Lipinski definition) is 0. The van der Waals surface area contributed by atoms with E-state index in [2.05, 4.69) is 0 Å². The lowest BCUT2D eigenvalue weighted by molar-refractivity contribution is -0.118. The molecule has 19 heavy (non-hydrogen) atoms. The normalized spacial score (nSPS) is 17.6. The van der Waals surface area contributed by atoms with Crippen molar-refractivity contribution in [3.05, 3.63) is 26.4 Å². The molecule has 1 aromatic rings. The van der Waals surface area contributed by atoms with Gasteiger partial charge in [-0.3, -0.25) is 28.4 Å². The minimum Gasteiger partial charge on any atom is -0.297 e. The number of alkyl halides is 2. The molecule has 1 aliphatic rings. The number of carbonyl (C=O) groups is 2. The average Bonchev–Trinajstić information content (AvgIpc) is 2.36. The Hall–Kier alpha value is -1.60. The van der Waals surface area contributed by atoms with Crippen LogP contribution in [0.1, 0.15) is 10.4 Å². The van der Waals surface area contributed by atoms with Crippen LogP contribution in [-0.2, 0) is 18.9 Å². The van der Waals surface area contributed by atoms with Crippen LogP contribution >= 0.6 is 23.2 Å². The molecule has 7 nitrogen and oxygen atoms in total. The summed E-state index contributed by atoms with van der Waals surface area (Å²) in [4.78, 5) is 48.7. The molecule has 9 heteroatoms. The largest absolute Gasteiger partial charge is 0.332 e. The van der Waals surface area contributed by atoms with Gasteiger partial charge in [0.15, 0.2) is 0 Å². The van der Waals surface area contributed by atoms with Gasteiger partial charge in [-0.2, -0.15) is 0 Å². The van der Waals surface area contributed by atoms with Gasteiger partial charge in [0.05, 0.1) is 0 Å². The lowest BCUT2D eigenvalue weighted by Gasteiger charge is -2.32. The average molecular weight is 306 g/mol. The highest BCUT2D eigenvalue weighted by Crippen LogP contribution is 2.35. The highest BCUT2D eigenvalue weighted by Gasteiger charge is 2.52. The predicted octanol–water partition coefficient (Wildman–Crippen LogP) is -0.583. The van der Waals surface area contributed by atoms with Crippen molar-refractivity contribution in [3.63, 3.8) is 0 Å². The van der Waals surface area contributed by atoms with Crippen LogP contribution in [0.4, 0.5) is 5.82 Å². The SMILES string of the molecule is CN1C(=O)C(Cl)(Cl)C(=O)c2c1n(C)c(=O)n(C)c2=O. The Labute approximate surface area is 116 Å².